The maximum Gasteiger partial charge on any atom is 0.246 e. The largest absolute Gasteiger partial charge is 0.271 e. The van der Waals surface area contributed by atoms with Gasteiger partial charge in [0.2, 0.25) is 10.0 Å². The first-order valence-electron chi connectivity index (χ1n) is 8.28. The number of rotatable bonds is 5. The first kappa shape index (κ1) is 18.0. The van der Waals surface area contributed by atoms with E-state index >= 15 is 0 Å². The summed E-state index contributed by atoms with van der Waals surface area (Å²) in [5, 5.41) is 4.20. The minimum Gasteiger partial charge on any atom is -0.271 e. The van der Waals surface area contributed by atoms with Crippen molar-refractivity contribution in [2.24, 2.45) is 5.92 Å². The number of halogens is 2. The average molecular weight is 369 g/mol. The smallest absolute Gasteiger partial charge is 0.246 e. The van der Waals surface area contributed by atoms with Gasteiger partial charge in [0, 0.05) is 31.9 Å². The number of benzene rings is 1. The van der Waals surface area contributed by atoms with Gasteiger partial charge in [0.25, 0.3) is 0 Å². The fourth-order valence-corrected chi connectivity index (χ4v) is 5.00. The number of hydrogen-bond donors (Lipinski definition) is 0. The highest BCUT2D eigenvalue weighted by Crippen LogP contribution is 2.28. The van der Waals surface area contributed by atoms with E-state index in [0.29, 0.717) is 43.7 Å². The Kier molecular flexibility index (Phi) is 4.92. The first-order valence-corrected chi connectivity index (χ1v) is 9.72. The summed E-state index contributed by atoms with van der Waals surface area (Å²) in [6, 6.07) is 3.44. The van der Waals surface area contributed by atoms with E-state index < -0.39 is 21.7 Å². The second-order valence-corrected chi connectivity index (χ2v) is 8.34. The lowest BCUT2D eigenvalue weighted by atomic mass is 9.99. The maximum absolute atomic E-state index is 13.3. The minimum absolute atomic E-state index is 0.0394. The molecule has 0 aliphatic carbocycles. The molecular weight excluding hydrogens is 348 g/mol. The molecule has 5 nitrogen and oxygen atoms in total. The topological polar surface area (TPSA) is 55.2 Å². The number of aryl methyl sites for hydroxylation is 2. The molecule has 1 fully saturated rings. The predicted octanol–water partition coefficient (Wildman–Crippen LogP) is 2.74. The fraction of sp³-hybridized carbons (Fsp3) is 0.471. The quantitative estimate of drug-likeness (QED) is 0.814. The van der Waals surface area contributed by atoms with E-state index in [-0.39, 0.29) is 10.8 Å². The van der Waals surface area contributed by atoms with Crippen molar-refractivity contribution >= 4 is 10.0 Å². The Balaban J connectivity index is 1.74. The normalized spacial score (nSPS) is 18.8. The zero-order valence-corrected chi connectivity index (χ0v) is 15.1. The Labute approximate surface area is 146 Å². The summed E-state index contributed by atoms with van der Waals surface area (Å²) < 4.78 is 55.4. The van der Waals surface area contributed by atoms with E-state index in [4.69, 9.17) is 0 Å². The van der Waals surface area contributed by atoms with Crippen LogP contribution in [0.2, 0.25) is 0 Å². The van der Waals surface area contributed by atoms with E-state index in [1.807, 2.05) is 6.92 Å². The molecule has 8 heteroatoms. The van der Waals surface area contributed by atoms with E-state index in [1.165, 1.54) is 16.4 Å². The van der Waals surface area contributed by atoms with E-state index in [2.05, 4.69) is 5.10 Å². The van der Waals surface area contributed by atoms with Crippen LogP contribution in [0.5, 0.6) is 0 Å². The van der Waals surface area contributed by atoms with Crippen molar-refractivity contribution < 1.29 is 17.2 Å². The predicted molar refractivity (Wildman–Crippen MR) is 89.6 cm³/mol. The molecule has 0 spiro atoms. The summed E-state index contributed by atoms with van der Waals surface area (Å²) in [6.45, 7) is 4.93. The van der Waals surface area contributed by atoms with Crippen molar-refractivity contribution in [2.75, 3.05) is 13.1 Å². The van der Waals surface area contributed by atoms with Crippen LogP contribution in [0.3, 0.4) is 0 Å². The van der Waals surface area contributed by atoms with Crippen molar-refractivity contribution in [3.63, 3.8) is 0 Å². The third kappa shape index (κ3) is 3.74. The van der Waals surface area contributed by atoms with Gasteiger partial charge in [-0.25, -0.2) is 17.2 Å². The summed E-state index contributed by atoms with van der Waals surface area (Å²) in [6.07, 6.45) is 2.67. The first-order chi connectivity index (χ1) is 11.8. The van der Waals surface area contributed by atoms with Gasteiger partial charge in [-0.3, -0.25) is 4.68 Å². The second kappa shape index (κ2) is 6.84. The molecule has 1 aromatic carbocycles. The monoisotopic (exact) mass is 369 g/mol. The van der Waals surface area contributed by atoms with Crippen LogP contribution in [0.25, 0.3) is 0 Å². The van der Waals surface area contributed by atoms with Crippen LogP contribution in [-0.4, -0.2) is 35.6 Å². The molecule has 1 unspecified atom stereocenters. The van der Waals surface area contributed by atoms with E-state index in [9.17, 15) is 17.2 Å². The van der Waals surface area contributed by atoms with Gasteiger partial charge in [-0.1, -0.05) is 0 Å². The Morgan fingerprint density at radius 3 is 2.52 bits per heavy atom. The van der Waals surface area contributed by atoms with Crippen LogP contribution in [-0.2, 0) is 23.0 Å². The zero-order chi connectivity index (χ0) is 18.2. The van der Waals surface area contributed by atoms with Crippen LogP contribution >= 0.6 is 0 Å². The Morgan fingerprint density at radius 1 is 1.24 bits per heavy atom. The van der Waals surface area contributed by atoms with Crippen molar-refractivity contribution in [2.45, 2.75) is 38.1 Å². The minimum atomic E-state index is -3.60. The van der Waals surface area contributed by atoms with Gasteiger partial charge in [-0.05, 0) is 50.3 Å². The van der Waals surface area contributed by atoms with Gasteiger partial charge in [-0.2, -0.15) is 9.40 Å². The summed E-state index contributed by atoms with van der Waals surface area (Å²) >= 11 is 0. The Morgan fingerprint density at radius 2 is 1.92 bits per heavy atom. The van der Waals surface area contributed by atoms with Crippen molar-refractivity contribution in [1.29, 1.82) is 0 Å². The van der Waals surface area contributed by atoms with E-state index in [0.717, 1.165) is 6.07 Å². The van der Waals surface area contributed by atoms with Crippen LogP contribution in [0, 0.1) is 24.5 Å². The van der Waals surface area contributed by atoms with Gasteiger partial charge >= 0.3 is 0 Å². The molecule has 1 aliphatic heterocycles. The molecular formula is C17H21F2N3O2S. The highest BCUT2D eigenvalue weighted by Gasteiger charge is 2.34. The highest BCUT2D eigenvalue weighted by molar-refractivity contribution is 7.89. The molecule has 2 heterocycles. The molecule has 0 amide bonds. The van der Waals surface area contributed by atoms with Gasteiger partial charge < -0.3 is 0 Å². The molecule has 0 saturated carbocycles. The molecule has 1 aromatic heterocycles. The fourth-order valence-electron chi connectivity index (χ4n) is 3.30. The van der Waals surface area contributed by atoms with Gasteiger partial charge in [0.15, 0.2) is 0 Å². The van der Waals surface area contributed by atoms with Gasteiger partial charge in [-0.15, -0.1) is 0 Å². The molecule has 1 atom stereocenters. The van der Waals surface area contributed by atoms with E-state index in [1.54, 1.807) is 17.8 Å². The highest BCUT2D eigenvalue weighted by atomic mass is 32.2. The van der Waals surface area contributed by atoms with Crippen molar-refractivity contribution in [1.82, 2.24) is 14.1 Å². The van der Waals surface area contributed by atoms with Crippen molar-refractivity contribution in [3.05, 3.63) is 47.3 Å². The summed E-state index contributed by atoms with van der Waals surface area (Å²) in [7, 11) is -3.60. The number of aromatic nitrogens is 2. The lowest BCUT2D eigenvalue weighted by Gasteiger charge is -2.16. The number of hydrogen-bond acceptors (Lipinski definition) is 3. The molecule has 2 aromatic rings. The SMILES string of the molecule is CCn1cc(S(=O)(=O)N2CCC(Cc3cc(F)cc(F)c3)C2)c(C)n1. The van der Waals surface area contributed by atoms with Crippen LogP contribution in [0.4, 0.5) is 8.78 Å². The Bertz CT molecular complexity index is 860. The molecule has 25 heavy (non-hydrogen) atoms. The standard InChI is InChI=1S/C17H21F2N3O2S/c1-3-21-11-17(12(2)20-21)25(23,24)22-5-4-13(10-22)6-14-7-15(18)9-16(19)8-14/h7-9,11,13H,3-6,10H2,1-2H3. The molecule has 0 radical (unpaired) electrons. The van der Waals surface area contributed by atoms with Gasteiger partial charge in [0.1, 0.15) is 16.5 Å². The molecule has 1 saturated heterocycles. The van der Waals surface area contributed by atoms with Crippen molar-refractivity contribution in [3.8, 4) is 0 Å². The third-order valence-electron chi connectivity index (χ3n) is 4.54. The Hall–Kier alpha value is -1.80. The number of nitrogens with zero attached hydrogens (tertiary/aromatic N) is 3. The van der Waals surface area contributed by atoms with Crippen LogP contribution in [0.15, 0.2) is 29.3 Å². The molecule has 1 aliphatic rings. The summed E-state index contributed by atoms with van der Waals surface area (Å²) in [5.41, 5.74) is 1.04. The molecule has 136 valence electrons. The maximum atomic E-state index is 13.3. The lowest BCUT2D eigenvalue weighted by Crippen LogP contribution is -2.29. The molecule has 0 N–H and O–H groups in total. The zero-order valence-electron chi connectivity index (χ0n) is 14.2. The van der Waals surface area contributed by atoms with Gasteiger partial charge in [0.05, 0.1) is 5.69 Å². The molecule has 0 bridgehead atoms. The van der Waals surface area contributed by atoms with Crippen LogP contribution < -0.4 is 0 Å². The second-order valence-electron chi connectivity index (χ2n) is 6.43. The number of sulfonamides is 1. The van der Waals surface area contributed by atoms with Crippen LogP contribution in [0.1, 0.15) is 24.6 Å². The third-order valence-corrected chi connectivity index (χ3v) is 6.51. The summed E-state index contributed by atoms with van der Waals surface area (Å²) in [4.78, 5) is 0.229. The summed E-state index contributed by atoms with van der Waals surface area (Å²) in [5.74, 6) is -1.18. The lowest BCUT2D eigenvalue weighted by molar-refractivity contribution is 0.454. The average Bonchev–Trinajstić information content (AvgIpc) is 3.13. The molecule has 3 rings (SSSR count).